The minimum atomic E-state index is -0.193. The van der Waals surface area contributed by atoms with Crippen molar-refractivity contribution in [3.63, 3.8) is 0 Å². The van der Waals surface area contributed by atoms with Crippen LogP contribution in [0.15, 0.2) is 36.4 Å². The van der Waals surface area contributed by atoms with Gasteiger partial charge in [-0.3, -0.25) is 0 Å². The number of hydrogen-bond acceptors (Lipinski definition) is 1. The Bertz CT molecular complexity index is 342. The fraction of sp³-hybridized carbons (Fsp3) is 0.385. The predicted molar refractivity (Wildman–Crippen MR) is 58.1 cm³/mol. The van der Waals surface area contributed by atoms with Crippen LogP contribution in [0.3, 0.4) is 0 Å². The lowest BCUT2D eigenvalue weighted by atomic mass is 10.1. The fourth-order valence-electron chi connectivity index (χ4n) is 1.94. The Balaban J connectivity index is 2.04. The molecule has 0 bridgehead atoms. The molecule has 2 unspecified atom stereocenters. The highest BCUT2D eigenvalue weighted by Gasteiger charge is 2.24. The van der Waals surface area contributed by atoms with E-state index in [9.17, 15) is 4.39 Å². The Hall–Kier alpha value is -1.15. The summed E-state index contributed by atoms with van der Waals surface area (Å²) in [6.07, 6.45) is 6.51. The van der Waals surface area contributed by atoms with Gasteiger partial charge in [0, 0.05) is 0 Å². The van der Waals surface area contributed by atoms with Crippen molar-refractivity contribution in [1.29, 1.82) is 0 Å². The third-order valence-electron chi connectivity index (χ3n) is 2.70. The summed E-state index contributed by atoms with van der Waals surface area (Å²) in [4.78, 5) is 0. The molecule has 1 fully saturated rings. The maximum atomic E-state index is 12.7. The van der Waals surface area contributed by atoms with Crippen molar-refractivity contribution in [2.24, 2.45) is 0 Å². The van der Waals surface area contributed by atoms with Crippen LogP contribution in [0.1, 0.15) is 31.4 Å². The summed E-state index contributed by atoms with van der Waals surface area (Å²) in [5.41, 5.74) is 1.07. The van der Waals surface area contributed by atoms with Gasteiger partial charge >= 0.3 is 0 Å². The van der Waals surface area contributed by atoms with Gasteiger partial charge in [0.15, 0.2) is 0 Å². The molecule has 80 valence electrons. The summed E-state index contributed by atoms with van der Waals surface area (Å²) >= 11 is 0. The highest BCUT2D eigenvalue weighted by Crippen LogP contribution is 2.33. The van der Waals surface area contributed by atoms with Crippen LogP contribution in [-0.4, -0.2) is 6.10 Å². The van der Waals surface area contributed by atoms with Crippen LogP contribution in [0.2, 0.25) is 0 Å². The van der Waals surface area contributed by atoms with Gasteiger partial charge in [-0.05, 0) is 37.5 Å². The van der Waals surface area contributed by atoms with Crippen LogP contribution in [0.4, 0.5) is 4.39 Å². The number of allylic oxidation sites excluding steroid dienone is 1. The Labute approximate surface area is 89.6 Å². The maximum Gasteiger partial charge on any atom is 0.123 e. The average molecular weight is 206 g/mol. The predicted octanol–water partition coefficient (Wildman–Crippen LogP) is 3.62. The SMILES string of the molecule is CC=CC1CCC(c2ccc(F)cc2)O1. The van der Waals surface area contributed by atoms with E-state index >= 15 is 0 Å². The summed E-state index contributed by atoms with van der Waals surface area (Å²) in [5, 5.41) is 0. The Morgan fingerprint density at radius 2 is 2.00 bits per heavy atom. The van der Waals surface area contributed by atoms with Crippen LogP contribution >= 0.6 is 0 Å². The zero-order valence-electron chi connectivity index (χ0n) is 8.82. The third kappa shape index (κ3) is 2.45. The van der Waals surface area contributed by atoms with E-state index in [0.717, 1.165) is 18.4 Å². The summed E-state index contributed by atoms with van der Waals surface area (Å²) in [7, 11) is 0. The van der Waals surface area contributed by atoms with Gasteiger partial charge in [0.2, 0.25) is 0 Å². The first-order chi connectivity index (χ1) is 7.29. The quantitative estimate of drug-likeness (QED) is 0.671. The zero-order chi connectivity index (χ0) is 10.7. The molecule has 1 aliphatic heterocycles. The largest absolute Gasteiger partial charge is 0.366 e. The first kappa shape index (κ1) is 10.4. The van der Waals surface area contributed by atoms with Crippen molar-refractivity contribution < 1.29 is 9.13 Å². The van der Waals surface area contributed by atoms with E-state index in [4.69, 9.17) is 4.74 Å². The van der Waals surface area contributed by atoms with E-state index in [1.807, 2.05) is 13.0 Å². The molecule has 0 aliphatic carbocycles. The summed E-state index contributed by atoms with van der Waals surface area (Å²) in [6, 6.07) is 6.58. The zero-order valence-corrected chi connectivity index (χ0v) is 8.82. The molecule has 1 aromatic carbocycles. The summed E-state index contributed by atoms with van der Waals surface area (Å²) in [6.45, 7) is 1.99. The van der Waals surface area contributed by atoms with Crippen molar-refractivity contribution in [3.8, 4) is 0 Å². The van der Waals surface area contributed by atoms with Gasteiger partial charge in [0.25, 0.3) is 0 Å². The highest BCUT2D eigenvalue weighted by molar-refractivity contribution is 5.19. The third-order valence-corrected chi connectivity index (χ3v) is 2.70. The van der Waals surface area contributed by atoms with E-state index in [0.29, 0.717) is 0 Å². The van der Waals surface area contributed by atoms with Crippen LogP contribution in [0.5, 0.6) is 0 Å². The molecule has 2 rings (SSSR count). The van der Waals surface area contributed by atoms with Gasteiger partial charge in [-0.15, -0.1) is 0 Å². The highest BCUT2D eigenvalue weighted by atomic mass is 19.1. The molecular formula is C13H15FO. The molecule has 0 aromatic heterocycles. The maximum absolute atomic E-state index is 12.7. The Morgan fingerprint density at radius 1 is 1.27 bits per heavy atom. The molecule has 0 spiro atoms. The first-order valence-corrected chi connectivity index (χ1v) is 5.33. The first-order valence-electron chi connectivity index (χ1n) is 5.33. The van der Waals surface area contributed by atoms with E-state index in [2.05, 4.69) is 6.08 Å². The molecule has 1 nitrogen and oxygen atoms in total. The van der Waals surface area contributed by atoms with Crippen molar-refractivity contribution in [2.45, 2.75) is 32.0 Å². The molecule has 0 amide bonds. The van der Waals surface area contributed by atoms with E-state index in [1.54, 1.807) is 12.1 Å². The molecule has 1 aromatic rings. The molecule has 15 heavy (non-hydrogen) atoms. The molecule has 0 saturated carbocycles. The molecule has 0 N–H and O–H groups in total. The average Bonchev–Trinajstić information content (AvgIpc) is 2.68. The second-order valence-electron chi connectivity index (χ2n) is 3.82. The van der Waals surface area contributed by atoms with Gasteiger partial charge in [0.05, 0.1) is 12.2 Å². The van der Waals surface area contributed by atoms with Gasteiger partial charge in [-0.25, -0.2) is 4.39 Å². The fourth-order valence-corrected chi connectivity index (χ4v) is 1.94. The lowest BCUT2D eigenvalue weighted by molar-refractivity contribution is 0.0710. The number of hydrogen-bond donors (Lipinski definition) is 0. The normalized spacial score (nSPS) is 26.3. The Morgan fingerprint density at radius 3 is 2.67 bits per heavy atom. The molecular weight excluding hydrogens is 191 g/mol. The number of halogens is 1. The van der Waals surface area contributed by atoms with Gasteiger partial charge in [-0.2, -0.15) is 0 Å². The van der Waals surface area contributed by atoms with Gasteiger partial charge in [-0.1, -0.05) is 24.3 Å². The molecule has 2 atom stereocenters. The molecule has 0 radical (unpaired) electrons. The van der Waals surface area contributed by atoms with Crippen molar-refractivity contribution >= 4 is 0 Å². The lowest BCUT2D eigenvalue weighted by Gasteiger charge is -2.11. The molecule has 1 heterocycles. The van der Waals surface area contributed by atoms with E-state index in [-0.39, 0.29) is 18.0 Å². The Kier molecular flexibility index (Phi) is 3.17. The lowest BCUT2D eigenvalue weighted by Crippen LogP contribution is -2.02. The van der Waals surface area contributed by atoms with E-state index in [1.165, 1.54) is 12.1 Å². The summed E-state index contributed by atoms with van der Waals surface area (Å²) in [5.74, 6) is -0.193. The molecule has 2 heteroatoms. The van der Waals surface area contributed by atoms with Crippen LogP contribution in [-0.2, 0) is 4.74 Å². The topological polar surface area (TPSA) is 9.23 Å². The van der Waals surface area contributed by atoms with Gasteiger partial charge in [0.1, 0.15) is 5.82 Å². The monoisotopic (exact) mass is 206 g/mol. The standard InChI is InChI=1S/C13H15FO/c1-2-3-12-8-9-13(15-12)10-4-6-11(14)7-5-10/h2-7,12-13H,8-9H2,1H3. The number of ether oxygens (including phenoxy) is 1. The number of benzene rings is 1. The van der Waals surface area contributed by atoms with Crippen molar-refractivity contribution in [3.05, 3.63) is 47.8 Å². The van der Waals surface area contributed by atoms with E-state index < -0.39 is 0 Å². The molecule has 1 saturated heterocycles. The van der Waals surface area contributed by atoms with Crippen LogP contribution < -0.4 is 0 Å². The second-order valence-corrected chi connectivity index (χ2v) is 3.82. The van der Waals surface area contributed by atoms with Crippen LogP contribution in [0, 0.1) is 5.82 Å². The second kappa shape index (κ2) is 4.58. The molecule has 1 aliphatic rings. The summed E-state index contributed by atoms with van der Waals surface area (Å²) < 4.78 is 18.5. The minimum absolute atomic E-state index is 0.131. The van der Waals surface area contributed by atoms with Crippen molar-refractivity contribution in [1.82, 2.24) is 0 Å². The number of rotatable bonds is 2. The minimum Gasteiger partial charge on any atom is -0.366 e. The smallest absolute Gasteiger partial charge is 0.123 e. The van der Waals surface area contributed by atoms with Gasteiger partial charge < -0.3 is 4.74 Å². The van der Waals surface area contributed by atoms with Crippen molar-refractivity contribution in [2.75, 3.05) is 0 Å². The van der Waals surface area contributed by atoms with Crippen LogP contribution in [0.25, 0.3) is 0 Å².